The number of para-hydroxylation sites is 2. The van der Waals surface area contributed by atoms with Crippen molar-refractivity contribution < 1.29 is 0 Å². The standard InChI is InChI=1S/C20H15N5OS/c1-12-6-5-7-13(10-12)24-18(26)14-11-21-19(27-2)23-17(14)25-16-9-4-3-8-15(16)22-20(24)25/h3-11H,1-2H3. The molecule has 0 aliphatic rings. The predicted molar refractivity (Wildman–Crippen MR) is 108 cm³/mol. The minimum Gasteiger partial charge on any atom is -0.268 e. The molecule has 0 radical (unpaired) electrons. The molecule has 0 aliphatic carbocycles. The summed E-state index contributed by atoms with van der Waals surface area (Å²) in [5, 5.41) is 1.08. The Morgan fingerprint density at radius 1 is 1.04 bits per heavy atom. The van der Waals surface area contributed by atoms with Crippen molar-refractivity contribution in [3.8, 4) is 5.69 Å². The molecular formula is C20H15N5OS. The highest BCUT2D eigenvalue weighted by Gasteiger charge is 2.18. The van der Waals surface area contributed by atoms with E-state index in [0.717, 1.165) is 22.3 Å². The number of nitrogens with zero attached hydrogens (tertiary/aromatic N) is 5. The van der Waals surface area contributed by atoms with Gasteiger partial charge in [-0.3, -0.25) is 9.20 Å². The first-order chi connectivity index (χ1) is 13.2. The first-order valence-corrected chi connectivity index (χ1v) is 9.70. The van der Waals surface area contributed by atoms with Crippen molar-refractivity contribution in [2.75, 3.05) is 6.26 Å². The highest BCUT2D eigenvalue weighted by atomic mass is 32.2. The minimum absolute atomic E-state index is 0.175. The second kappa shape index (κ2) is 5.92. The van der Waals surface area contributed by atoms with Gasteiger partial charge in [-0.25, -0.2) is 19.5 Å². The van der Waals surface area contributed by atoms with Gasteiger partial charge < -0.3 is 0 Å². The fourth-order valence-corrected chi connectivity index (χ4v) is 3.70. The maximum atomic E-state index is 13.4. The van der Waals surface area contributed by atoms with Crippen molar-refractivity contribution in [2.24, 2.45) is 0 Å². The van der Waals surface area contributed by atoms with E-state index in [1.54, 1.807) is 10.8 Å². The van der Waals surface area contributed by atoms with Crippen LogP contribution in [0.4, 0.5) is 0 Å². The monoisotopic (exact) mass is 373 g/mol. The molecule has 27 heavy (non-hydrogen) atoms. The third-order valence-electron chi connectivity index (χ3n) is 4.58. The summed E-state index contributed by atoms with van der Waals surface area (Å²) in [5.41, 5.74) is 3.97. The number of hydrogen-bond donors (Lipinski definition) is 0. The molecule has 0 N–H and O–H groups in total. The lowest BCUT2D eigenvalue weighted by molar-refractivity contribution is 0.932. The van der Waals surface area contributed by atoms with Gasteiger partial charge in [0, 0.05) is 6.20 Å². The fraction of sp³-hybridized carbons (Fsp3) is 0.100. The zero-order valence-corrected chi connectivity index (χ0v) is 15.6. The van der Waals surface area contributed by atoms with E-state index < -0.39 is 0 Å². The summed E-state index contributed by atoms with van der Waals surface area (Å²) < 4.78 is 3.58. The molecule has 0 bridgehead atoms. The number of aryl methyl sites for hydroxylation is 1. The van der Waals surface area contributed by atoms with Gasteiger partial charge in [0.25, 0.3) is 5.56 Å². The van der Waals surface area contributed by atoms with Crippen LogP contribution in [0.5, 0.6) is 0 Å². The number of rotatable bonds is 2. The fourth-order valence-electron chi connectivity index (χ4n) is 3.36. The van der Waals surface area contributed by atoms with Crippen molar-refractivity contribution in [1.82, 2.24) is 23.9 Å². The van der Waals surface area contributed by atoms with E-state index in [9.17, 15) is 4.79 Å². The predicted octanol–water partition coefficient (Wildman–Crippen LogP) is 3.61. The highest BCUT2D eigenvalue weighted by Crippen LogP contribution is 2.23. The third kappa shape index (κ3) is 2.35. The van der Waals surface area contributed by atoms with E-state index in [1.807, 2.05) is 66.1 Å². The van der Waals surface area contributed by atoms with Gasteiger partial charge in [0.2, 0.25) is 5.78 Å². The summed E-state index contributed by atoms with van der Waals surface area (Å²) >= 11 is 1.44. The van der Waals surface area contributed by atoms with E-state index in [4.69, 9.17) is 4.98 Å². The van der Waals surface area contributed by atoms with Gasteiger partial charge in [0.05, 0.1) is 16.7 Å². The zero-order valence-electron chi connectivity index (χ0n) is 14.7. The molecular weight excluding hydrogens is 358 g/mol. The average Bonchev–Trinajstić information content (AvgIpc) is 3.07. The number of benzene rings is 2. The van der Waals surface area contributed by atoms with E-state index in [-0.39, 0.29) is 5.56 Å². The van der Waals surface area contributed by atoms with Crippen LogP contribution in [0.3, 0.4) is 0 Å². The Hall–Kier alpha value is -3.19. The number of hydrogen-bond acceptors (Lipinski definition) is 5. The Bertz CT molecular complexity index is 1400. The molecule has 7 heteroatoms. The van der Waals surface area contributed by atoms with Crippen LogP contribution in [-0.2, 0) is 0 Å². The van der Waals surface area contributed by atoms with Crippen LogP contribution >= 0.6 is 11.8 Å². The smallest absolute Gasteiger partial charge is 0.268 e. The zero-order chi connectivity index (χ0) is 18.5. The van der Waals surface area contributed by atoms with Crippen molar-refractivity contribution in [2.45, 2.75) is 12.1 Å². The van der Waals surface area contributed by atoms with E-state index in [1.165, 1.54) is 11.8 Å². The molecule has 0 atom stereocenters. The second-order valence-corrected chi connectivity index (χ2v) is 7.08. The van der Waals surface area contributed by atoms with Crippen LogP contribution in [-0.4, -0.2) is 30.2 Å². The summed E-state index contributed by atoms with van der Waals surface area (Å²) in [6.45, 7) is 2.00. The number of aromatic nitrogens is 5. The molecule has 0 saturated carbocycles. The first kappa shape index (κ1) is 16.0. The minimum atomic E-state index is -0.175. The molecule has 6 nitrogen and oxygen atoms in total. The van der Waals surface area contributed by atoms with E-state index in [0.29, 0.717) is 22.0 Å². The van der Waals surface area contributed by atoms with Gasteiger partial charge in [-0.1, -0.05) is 36.0 Å². The molecule has 0 unspecified atom stereocenters. The van der Waals surface area contributed by atoms with Gasteiger partial charge in [-0.05, 0) is 43.0 Å². The van der Waals surface area contributed by atoms with Crippen LogP contribution in [0.25, 0.3) is 33.5 Å². The lowest BCUT2D eigenvalue weighted by Gasteiger charge is -2.11. The summed E-state index contributed by atoms with van der Waals surface area (Å²) in [6.07, 6.45) is 3.52. The van der Waals surface area contributed by atoms with Crippen molar-refractivity contribution >= 4 is 39.6 Å². The molecule has 0 aliphatic heterocycles. The average molecular weight is 373 g/mol. The molecule has 132 valence electrons. The van der Waals surface area contributed by atoms with E-state index in [2.05, 4.69) is 9.97 Å². The van der Waals surface area contributed by atoms with Gasteiger partial charge in [-0.2, -0.15) is 0 Å². The Labute approximate surface area is 158 Å². The largest absolute Gasteiger partial charge is 0.270 e. The molecule has 0 spiro atoms. The molecule has 5 aromatic rings. The van der Waals surface area contributed by atoms with E-state index >= 15 is 0 Å². The number of imidazole rings is 1. The van der Waals surface area contributed by atoms with Gasteiger partial charge in [0.15, 0.2) is 10.8 Å². The lowest BCUT2D eigenvalue weighted by atomic mass is 10.2. The summed E-state index contributed by atoms with van der Waals surface area (Å²) in [5.74, 6) is 0.546. The van der Waals surface area contributed by atoms with Gasteiger partial charge in [0.1, 0.15) is 5.39 Å². The van der Waals surface area contributed by atoms with Crippen molar-refractivity contribution in [1.29, 1.82) is 0 Å². The number of thioether (sulfide) groups is 1. The van der Waals surface area contributed by atoms with Crippen LogP contribution in [0.15, 0.2) is 64.7 Å². The number of fused-ring (bicyclic) bond motifs is 5. The third-order valence-corrected chi connectivity index (χ3v) is 5.14. The van der Waals surface area contributed by atoms with Gasteiger partial charge >= 0.3 is 0 Å². The Kier molecular flexibility index (Phi) is 3.51. The van der Waals surface area contributed by atoms with Crippen LogP contribution in [0.2, 0.25) is 0 Å². The van der Waals surface area contributed by atoms with Crippen LogP contribution < -0.4 is 5.56 Å². The van der Waals surface area contributed by atoms with Crippen LogP contribution in [0, 0.1) is 6.92 Å². The van der Waals surface area contributed by atoms with Crippen LogP contribution in [0.1, 0.15) is 5.56 Å². The van der Waals surface area contributed by atoms with Gasteiger partial charge in [-0.15, -0.1) is 0 Å². The normalized spacial score (nSPS) is 11.6. The van der Waals surface area contributed by atoms with Crippen molar-refractivity contribution in [3.05, 3.63) is 70.6 Å². The van der Waals surface area contributed by atoms with Crippen molar-refractivity contribution in [3.63, 3.8) is 0 Å². The quantitative estimate of drug-likeness (QED) is 0.349. The summed E-state index contributed by atoms with van der Waals surface area (Å²) in [4.78, 5) is 27.0. The Morgan fingerprint density at radius 3 is 2.70 bits per heavy atom. The molecule has 0 amide bonds. The molecule has 0 fully saturated rings. The molecule has 0 saturated heterocycles. The second-order valence-electron chi connectivity index (χ2n) is 6.31. The molecule has 3 heterocycles. The Morgan fingerprint density at radius 2 is 1.89 bits per heavy atom. The summed E-state index contributed by atoms with van der Waals surface area (Å²) in [7, 11) is 0. The topological polar surface area (TPSA) is 65.1 Å². The SMILES string of the molecule is CSc1ncc2c(=O)n(-c3cccc(C)c3)c3nc4ccccc4n3c2n1. The lowest BCUT2D eigenvalue weighted by Crippen LogP contribution is -2.22. The maximum Gasteiger partial charge on any atom is 0.270 e. The molecule has 3 aromatic heterocycles. The summed E-state index contributed by atoms with van der Waals surface area (Å²) in [6, 6.07) is 15.7. The molecule has 2 aromatic carbocycles. The first-order valence-electron chi connectivity index (χ1n) is 8.47. The Balaban J connectivity index is 2.07. The highest BCUT2D eigenvalue weighted by molar-refractivity contribution is 7.98. The maximum absolute atomic E-state index is 13.4. The molecule has 5 rings (SSSR count).